The lowest BCUT2D eigenvalue weighted by molar-refractivity contribution is -0.147. The number of aliphatic carboxylic acids is 1. The number of carbonyl (C=O) groups excluding carboxylic acids is 5. The van der Waals surface area contributed by atoms with E-state index in [1.807, 2.05) is 20.8 Å². The smallest absolute Gasteiger partial charge is 0.326 e. The first-order valence-corrected chi connectivity index (χ1v) is 20.9. The molecule has 21 heteroatoms. The Hall–Kier alpha value is -5.31. The Kier molecular flexibility index (Phi) is 21.3. The van der Waals surface area contributed by atoms with Gasteiger partial charge in [-0.15, -0.1) is 11.8 Å². The summed E-state index contributed by atoms with van der Waals surface area (Å²) >= 11 is 1.33. The van der Waals surface area contributed by atoms with Crippen LogP contribution in [0.3, 0.4) is 0 Å². The molecule has 1 aromatic rings. The highest BCUT2D eigenvalue weighted by Gasteiger charge is 2.41. The third kappa shape index (κ3) is 17.6. The molecule has 0 saturated carbocycles. The minimum Gasteiger partial charge on any atom is -0.508 e. The normalized spacial score (nSPS) is 16.2. The Bertz CT molecular complexity index is 1620. The van der Waals surface area contributed by atoms with Gasteiger partial charge < -0.3 is 64.6 Å². The topological polar surface area (TPSA) is 340 Å². The molecule has 59 heavy (non-hydrogen) atoms. The lowest BCUT2D eigenvalue weighted by Gasteiger charge is -2.32. The summed E-state index contributed by atoms with van der Waals surface area (Å²) in [6.07, 6.45) is 2.01. The molecule has 1 aliphatic rings. The van der Waals surface area contributed by atoms with Crippen molar-refractivity contribution in [2.45, 2.75) is 103 Å². The first-order valence-electron chi connectivity index (χ1n) is 19.8. The lowest BCUT2D eigenvalue weighted by atomic mass is 9.97. The number of aromatic hydroxyl groups is 1. The number of carboxylic acids is 1. The van der Waals surface area contributed by atoms with Crippen molar-refractivity contribution in [3.63, 3.8) is 0 Å². The number of thioether (sulfide) groups is 1. The summed E-state index contributed by atoms with van der Waals surface area (Å²) in [5, 5.41) is 27.5. The first-order chi connectivity index (χ1) is 27.8. The number of hydrogen-bond acceptors (Lipinski definition) is 11. The van der Waals surface area contributed by atoms with Gasteiger partial charge in [0.1, 0.15) is 29.9 Å². The van der Waals surface area contributed by atoms with Gasteiger partial charge in [0, 0.05) is 25.4 Å². The SMILES string of the molecule is CC[C@H](C)[C@H](NC(=O)CN(CCc1ccc(O)cc1)C(=O)[C@@H]1CSCN1C(=O)[C@H](CCCN=C(N)N)NC(=O)[C@@H](N)CCCN=C(N)N)C(=O)N[C@@H](CC(C)C)C(=O)O. The van der Waals surface area contributed by atoms with E-state index < -0.39 is 78.2 Å². The average molecular weight is 849 g/mol. The molecule has 20 nitrogen and oxygen atoms in total. The van der Waals surface area contributed by atoms with Crippen LogP contribution in [-0.2, 0) is 35.2 Å². The highest BCUT2D eigenvalue weighted by Crippen LogP contribution is 2.25. The Morgan fingerprint density at radius 3 is 2.05 bits per heavy atom. The molecule has 0 spiro atoms. The molecule has 2 rings (SSSR count). The zero-order valence-electron chi connectivity index (χ0n) is 34.5. The molecular formula is C38H64N12O8S. The number of phenolic OH excluding ortho intramolecular Hbond substituents is 1. The number of rotatable bonds is 25. The molecule has 330 valence electrons. The summed E-state index contributed by atoms with van der Waals surface area (Å²) in [6, 6.07) is 0.997. The van der Waals surface area contributed by atoms with Crippen molar-refractivity contribution in [3.05, 3.63) is 29.8 Å². The predicted octanol–water partition coefficient (Wildman–Crippen LogP) is -1.27. The van der Waals surface area contributed by atoms with Crippen molar-refractivity contribution < 1.29 is 39.0 Å². The van der Waals surface area contributed by atoms with E-state index in [0.717, 1.165) is 5.56 Å². The zero-order valence-corrected chi connectivity index (χ0v) is 35.3. The Labute approximate surface area is 349 Å². The van der Waals surface area contributed by atoms with Crippen LogP contribution in [0.2, 0.25) is 0 Å². The molecule has 5 amide bonds. The fourth-order valence-electron chi connectivity index (χ4n) is 6.21. The van der Waals surface area contributed by atoms with Gasteiger partial charge in [0.25, 0.3) is 0 Å². The van der Waals surface area contributed by atoms with Gasteiger partial charge in [-0.2, -0.15) is 0 Å². The van der Waals surface area contributed by atoms with Crippen LogP contribution in [-0.4, -0.2) is 135 Å². The number of benzene rings is 1. The van der Waals surface area contributed by atoms with Crippen LogP contribution < -0.4 is 44.6 Å². The molecule has 0 unspecified atom stereocenters. The summed E-state index contributed by atoms with van der Waals surface area (Å²) in [5.41, 5.74) is 28.6. The van der Waals surface area contributed by atoms with E-state index in [-0.39, 0.29) is 80.5 Å². The molecule has 0 aliphatic carbocycles. The van der Waals surface area contributed by atoms with Gasteiger partial charge in [-0.25, -0.2) is 4.79 Å². The van der Waals surface area contributed by atoms with Crippen LogP contribution in [0, 0.1) is 11.8 Å². The van der Waals surface area contributed by atoms with Crippen LogP contribution in [0.15, 0.2) is 34.3 Å². The van der Waals surface area contributed by atoms with Gasteiger partial charge in [0.15, 0.2) is 11.9 Å². The molecule has 1 aromatic carbocycles. The number of carboxylic acid groups (broad SMARTS) is 1. The third-order valence-electron chi connectivity index (χ3n) is 9.70. The molecule has 6 atom stereocenters. The predicted molar refractivity (Wildman–Crippen MR) is 226 cm³/mol. The second-order valence-corrected chi connectivity index (χ2v) is 16.0. The number of phenols is 1. The maximum absolute atomic E-state index is 14.5. The summed E-state index contributed by atoms with van der Waals surface area (Å²) in [7, 11) is 0. The average Bonchev–Trinajstić information content (AvgIpc) is 3.67. The Morgan fingerprint density at radius 2 is 1.49 bits per heavy atom. The van der Waals surface area contributed by atoms with Crippen LogP contribution in [0.5, 0.6) is 5.75 Å². The van der Waals surface area contributed by atoms with Crippen LogP contribution in [0.4, 0.5) is 0 Å². The maximum Gasteiger partial charge on any atom is 0.326 e. The maximum atomic E-state index is 14.5. The van der Waals surface area contributed by atoms with E-state index in [2.05, 4.69) is 25.9 Å². The van der Waals surface area contributed by atoms with E-state index in [4.69, 9.17) is 28.7 Å². The molecule has 1 saturated heterocycles. The lowest BCUT2D eigenvalue weighted by Crippen LogP contribution is -2.58. The Morgan fingerprint density at radius 1 is 0.898 bits per heavy atom. The number of nitrogens with one attached hydrogen (secondary N) is 3. The van der Waals surface area contributed by atoms with Gasteiger partial charge in [-0.1, -0.05) is 46.2 Å². The molecular weight excluding hydrogens is 785 g/mol. The van der Waals surface area contributed by atoms with E-state index in [9.17, 15) is 39.0 Å². The zero-order chi connectivity index (χ0) is 44.2. The van der Waals surface area contributed by atoms with Gasteiger partial charge in [-0.3, -0.25) is 34.0 Å². The van der Waals surface area contributed by atoms with E-state index >= 15 is 0 Å². The van der Waals surface area contributed by atoms with E-state index in [1.165, 1.54) is 33.7 Å². The largest absolute Gasteiger partial charge is 0.508 e. The minimum absolute atomic E-state index is 0.0249. The third-order valence-corrected chi connectivity index (χ3v) is 10.7. The van der Waals surface area contributed by atoms with Crippen molar-refractivity contribution in [1.29, 1.82) is 0 Å². The summed E-state index contributed by atoms with van der Waals surface area (Å²) in [4.78, 5) is 91.6. The highest BCUT2D eigenvalue weighted by atomic mass is 32.2. The minimum atomic E-state index is -1.20. The van der Waals surface area contributed by atoms with Gasteiger partial charge >= 0.3 is 5.97 Å². The molecule has 1 heterocycles. The fraction of sp³-hybridized carbons (Fsp3) is 0.632. The number of nitrogens with zero attached hydrogens (tertiary/aromatic N) is 4. The molecule has 0 aromatic heterocycles. The van der Waals surface area contributed by atoms with Crippen molar-refractivity contribution in [3.8, 4) is 5.75 Å². The fourth-order valence-corrected chi connectivity index (χ4v) is 7.36. The Balaban J connectivity index is 2.37. The summed E-state index contributed by atoms with van der Waals surface area (Å²) < 4.78 is 0. The van der Waals surface area contributed by atoms with Crippen molar-refractivity contribution in [2.24, 2.45) is 50.5 Å². The van der Waals surface area contributed by atoms with Crippen LogP contribution in [0.1, 0.15) is 71.8 Å². The number of carbonyl (C=O) groups is 6. The number of hydrogen-bond donors (Lipinski definition) is 10. The molecule has 0 radical (unpaired) electrons. The standard InChI is InChI=1S/C38H64N12O8S/c1-5-23(4)31(33(54)47-28(36(57)58)18-22(2)3)48-30(52)19-49(17-14-24-10-12-25(51)13-11-24)35(56)29-20-59-21-50(29)34(55)27(9-7-16-45-38(42)43)46-32(53)26(39)8-6-15-44-37(40)41/h10-13,22-23,26-29,31,51H,5-9,14-21,39H2,1-4H3,(H,46,53)(H,47,54)(H,48,52)(H,57,58)(H4,40,41,44)(H4,42,43,45)/t23-,26-,27-,28-,29-,31-/m0/s1. The second kappa shape index (κ2) is 25.2. The van der Waals surface area contributed by atoms with Crippen LogP contribution >= 0.6 is 11.8 Å². The summed E-state index contributed by atoms with van der Waals surface area (Å²) in [5.74, 6) is -4.45. The van der Waals surface area contributed by atoms with Gasteiger partial charge in [0.05, 0.1) is 18.5 Å². The monoisotopic (exact) mass is 848 g/mol. The van der Waals surface area contributed by atoms with E-state index in [1.54, 1.807) is 19.1 Å². The number of nitrogens with two attached hydrogens (primary N) is 5. The number of guanidine groups is 2. The summed E-state index contributed by atoms with van der Waals surface area (Å²) in [6.45, 7) is 7.23. The van der Waals surface area contributed by atoms with Crippen molar-refractivity contribution in [2.75, 3.05) is 37.8 Å². The van der Waals surface area contributed by atoms with Gasteiger partial charge in [-0.05, 0) is 68.1 Å². The number of aliphatic imine (C=N–C) groups is 2. The van der Waals surface area contributed by atoms with E-state index in [0.29, 0.717) is 19.3 Å². The van der Waals surface area contributed by atoms with Gasteiger partial charge in [0.2, 0.25) is 29.5 Å². The number of amides is 5. The second-order valence-electron chi connectivity index (χ2n) is 15.0. The molecule has 15 N–H and O–H groups in total. The quantitative estimate of drug-likeness (QED) is 0.0312. The molecule has 0 bridgehead atoms. The van der Waals surface area contributed by atoms with Crippen molar-refractivity contribution >= 4 is 59.2 Å². The van der Waals surface area contributed by atoms with Crippen molar-refractivity contribution in [1.82, 2.24) is 25.8 Å². The molecule has 1 aliphatic heterocycles. The van der Waals surface area contributed by atoms with Crippen LogP contribution in [0.25, 0.3) is 0 Å². The molecule has 1 fully saturated rings. The highest BCUT2D eigenvalue weighted by molar-refractivity contribution is 7.99. The first kappa shape index (κ1) is 49.8.